The zero-order chi connectivity index (χ0) is 14.8. The maximum atomic E-state index is 12.8. The van der Waals surface area contributed by atoms with E-state index in [9.17, 15) is 9.59 Å². The summed E-state index contributed by atoms with van der Waals surface area (Å²) in [5.41, 5.74) is 5.70. The lowest BCUT2D eigenvalue weighted by Crippen LogP contribution is -2.45. The number of fused-ring (bicyclic) bond motifs is 4. The summed E-state index contributed by atoms with van der Waals surface area (Å²) in [4.78, 5) is 26.2. The largest absolute Gasteiger partial charge is 0.315 e. The van der Waals surface area contributed by atoms with E-state index in [1.165, 1.54) is 0 Å². The summed E-state index contributed by atoms with van der Waals surface area (Å²) in [5, 5.41) is 0. The van der Waals surface area contributed by atoms with Crippen LogP contribution in [0, 0.1) is 0 Å². The highest BCUT2D eigenvalue weighted by Gasteiger charge is 2.41. The van der Waals surface area contributed by atoms with E-state index in [2.05, 4.69) is 0 Å². The van der Waals surface area contributed by atoms with Crippen molar-refractivity contribution in [3.05, 3.63) is 65.4 Å². The number of hydrogen-bond acceptors (Lipinski definition) is 2. The molecule has 1 atom stereocenters. The molecule has 1 amide bonds. The van der Waals surface area contributed by atoms with E-state index in [1.807, 2.05) is 48.7 Å². The van der Waals surface area contributed by atoms with Gasteiger partial charge in [-0.3, -0.25) is 9.59 Å². The molecular weight excluding hydrogens is 274 g/mol. The maximum Gasteiger partial charge on any atom is 0.228 e. The van der Waals surface area contributed by atoms with E-state index in [-0.39, 0.29) is 11.7 Å². The van der Waals surface area contributed by atoms with Gasteiger partial charge in [0.05, 0.1) is 0 Å². The van der Waals surface area contributed by atoms with Crippen molar-refractivity contribution in [1.29, 1.82) is 0 Å². The SMILES string of the molecule is O=C1c2ccccc2-c2cccc(C3=CN4C(=O)C[C@H]4C3)c21. The number of carbonyl (C=O) groups is 2. The first-order valence-corrected chi connectivity index (χ1v) is 7.53. The van der Waals surface area contributed by atoms with Crippen LogP contribution in [0.15, 0.2) is 48.7 Å². The fourth-order valence-electron chi connectivity index (χ4n) is 3.84. The molecule has 0 saturated carbocycles. The Morgan fingerprint density at radius 3 is 2.32 bits per heavy atom. The molecule has 2 aromatic rings. The third-order valence-corrected chi connectivity index (χ3v) is 4.94. The molecule has 3 heteroatoms. The monoisotopic (exact) mass is 287 g/mol. The fraction of sp³-hybridized carbons (Fsp3) is 0.158. The number of amides is 1. The third kappa shape index (κ3) is 1.36. The second-order valence-electron chi connectivity index (χ2n) is 6.12. The van der Waals surface area contributed by atoms with Crippen molar-refractivity contribution in [2.75, 3.05) is 0 Å². The smallest absolute Gasteiger partial charge is 0.228 e. The van der Waals surface area contributed by atoms with Gasteiger partial charge in [-0.1, -0.05) is 42.5 Å². The van der Waals surface area contributed by atoms with Crippen molar-refractivity contribution in [3.63, 3.8) is 0 Å². The zero-order valence-corrected chi connectivity index (χ0v) is 11.9. The van der Waals surface area contributed by atoms with Gasteiger partial charge in [0.15, 0.2) is 5.78 Å². The summed E-state index contributed by atoms with van der Waals surface area (Å²) in [6, 6.07) is 14.1. The molecule has 0 aromatic heterocycles. The number of benzene rings is 2. The Bertz CT molecular complexity index is 894. The lowest BCUT2D eigenvalue weighted by Gasteiger charge is -2.32. The topological polar surface area (TPSA) is 37.4 Å². The Kier molecular flexibility index (Phi) is 2.14. The molecule has 0 unspecified atom stereocenters. The Balaban J connectivity index is 1.69. The van der Waals surface area contributed by atoms with Gasteiger partial charge in [0.25, 0.3) is 0 Å². The maximum absolute atomic E-state index is 12.8. The summed E-state index contributed by atoms with van der Waals surface area (Å²) in [6.07, 6.45) is 3.41. The number of nitrogens with zero attached hydrogens (tertiary/aromatic N) is 1. The highest BCUT2D eigenvalue weighted by Crippen LogP contribution is 2.44. The predicted octanol–water partition coefficient (Wildman–Crippen LogP) is 3.24. The number of rotatable bonds is 1. The van der Waals surface area contributed by atoms with Gasteiger partial charge in [0, 0.05) is 29.8 Å². The molecule has 1 aliphatic carbocycles. The molecule has 22 heavy (non-hydrogen) atoms. The van der Waals surface area contributed by atoms with Crippen LogP contribution in [0.3, 0.4) is 0 Å². The zero-order valence-electron chi connectivity index (χ0n) is 11.9. The number of β-lactam (4-membered cyclic amide) rings is 1. The molecule has 3 nitrogen and oxygen atoms in total. The van der Waals surface area contributed by atoms with Gasteiger partial charge < -0.3 is 4.90 Å². The Hall–Kier alpha value is -2.68. The molecule has 0 spiro atoms. The lowest BCUT2D eigenvalue weighted by molar-refractivity contribution is -0.140. The van der Waals surface area contributed by atoms with Crippen LogP contribution in [0.4, 0.5) is 0 Å². The van der Waals surface area contributed by atoms with Crippen molar-refractivity contribution < 1.29 is 9.59 Å². The quantitative estimate of drug-likeness (QED) is 0.644. The summed E-state index contributed by atoms with van der Waals surface area (Å²) in [6.45, 7) is 0. The number of ketones is 1. The van der Waals surface area contributed by atoms with Crippen LogP contribution in [-0.2, 0) is 4.79 Å². The average molecular weight is 287 g/mol. The Morgan fingerprint density at radius 1 is 0.818 bits per heavy atom. The first kappa shape index (κ1) is 11.9. The van der Waals surface area contributed by atoms with Crippen LogP contribution in [0.2, 0.25) is 0 Å². The average Bonchev–Trinajstić information content (AvgIpc) is 3.04. The molecule has 5 rings (SSSR count). The van der Waals surface area contributed by atoms with E-state index < -0.39 is 0 Å². The van der Waals surface area contributed by atoms with Crippen molar-refractivity contribution >= 4 is 17.3 Å². The Labute approximate surface area is 127 Å². The number of hydrogen-bond donors (Lipinski definition) is 0. The molecule has 106 valence electrons. The molecule has 2 heterocycles. The summed E-state index contributed by atoms with van der Waals surface area (Å²) < 4.78 is 0. The first-order chi connectivity index (χ1) is 10.7. The van der Waals surface area contributed by atoms with Gasteiger partial charge in [0.2, 0.25) is 5.91 Å². The molecule has 2 aromatic carbocycles. The highest BCUT2D eigenvalue weighted by molar-refractivity contribution is 6.23. The summed E-state index contributed by atoms with van der Waals surface area (Å²) in [5.74, 6) is 0.282. The van der Waals surface area contributed by atoms with Gasteiger partial charge in [-0.25, -0.2) is 0 Å². The van der Waals surface area contributed by atoms with Crippen LogP contribution < -0.4 is 0 Å². The normalized spacial score (nSPS) is 21.2. The van der Waals surface area contributed by atoms with Crippen molar-refractivity contribution in [2.24, 2.45) is 0 Å². The van der Waals surface area contributed by atoms with Gasteiger partial charge >= 0.3 is 0 Å². The standard InChI is InChI=1S/C19H13NO2/c21-17-9-12-8-11(10-20(12)17)13-6-3-7-15-14-4-1-2-5-16(14)19(22)18(13)15/h1-7,10,12H,8-9H2/t12-/m1/s1. The minimum absolute atomic E-state index is 0.0997. The van der Waals surface area contributed by atoms with E-state index >= 15 is 0 Å². The van der Waals surface area contributed by atoms with Crippen LogP contribution >= 0.6 is 0 Å². The fourth-order valence-corrected chi connectivity index (χ4v) is 3.84. The minimum atomic E-state index is 0.0997. The Morgan fingerprint density at radius 2 is 1.55 bits per heavy atom. The van der Waals surface area contributed by atoms with Gasteiger partial charge in [-0.15, -0.1) is 0 Å². The van der Waals surface area contributed by atoms with E-state index in [0.717, 1.165) is 39.8 Å². The van der Waals surface area contributed by atoms with Crippen LogP contribution in [0.5, 0.6) is 0 Å². The number of carbonyl (C=O) groups excluding carboxylic acids is 2. The van der Waals surface area contributed by atoms with Gasteiger partial charge in [-0.05, 0) is 28.7 Å². The van der Waals surface area contributed by atoms with Crippen LogP contribution in [0.1, 0.15) is 34.3 Å². The van der Waals surface area contributed by atoms with Crippen molar-refractivity contribution in [3.8, 4) is 11.1 Å². The lowest BCUT2D eigenvalue weighted by atomic mass is 9.92. The molecule has 1 saturated heterocycles. The molecule has 2 aliphatic heterocycles. The highest BCUT2D eigenvalue weighted by atomic mass is 16.2. The molecule has 0 radical (unpaired) electrons. The molecule has 0 bridgehead atoms. The van der Waals surface area contributed by atoms with Gasteiger partial charge in [0.1, 0.15) is 0 Å². The first-order valence-electron chi connectivity index (χ1n) is 7.53. The summed E-state index contributed by atoms with van der Waals surface area (Å²) in [7, 11) is 0. The van der Waals surface area contributed by atoms with Crippen LogP contribution in [0.25, 0.3) is 16.7 Å². The van der Waals surface area contributed by atoms with Crippen molar-refractivity contribution in [1.82, 2.24) is 4.90 Å². The molecular formula is C19H13NO2. The molecule has 3 aliphatic rings. The molecule has 0 N–H and O–H groups in total. The third-order valence-electron chi connectivity index (χ3n) is 4.94. The molecule has 1 fully saturated rings. The van der Waals surface area contributed by atoms with Crippen molar-refractivity contribution in [2.45, 2.75) is 18.9 Å². The van der Waals surface area contributed by atoms with Crippen LogP contribution in [-0.4, -0.2) is 22.6 Å². The van der Waals surface area contributed by atoms with E-state index in [0.29, 0.717) is 12.5 Å². The van der Waals surface area contributed by atoms with E-state index in [1.54, 1.807) is 4.90 Å². The minimum Gasteiger partial charge on any atom is -0.315 e. The van der Waals surface area contributed by atoms with Gasteiger partial charge in [-0.2, -0.15) is 0 Å². The predicted molar refractivity (Wildman–Crippen MR) is 83.2 cm³/mol. The summed E-state index contributed by atoms with van der Waals surface area (Å²) >= 11 is 0. The second kappa shape index (κ2) is 3.95. The van der Waals surface area contributed by atoms with E-state index in [4.69, 9.17) is 0 Å². The second-order valence-corrected chi connectivity index (χ2v) is 6.12.